The zero-order valence-electron chi connectivity index (χ0n) is 13.1. The lowest BCUT2D eigenvalue weighted by atomic mass is 10.2. The molecule has 1 aromatic rings. The highest BCUT2D eigenvalue weighted by Crippen LogP contribution is 2.23. The van der Waals surface area contributed by atoms with E-state index >= 15 is 0 Å². The largest absolute Gasteiger partial charge is 0.491 e. The average molecular weight is 283 g/mol. The standard InChI is InChI=1S/C14H25N3O.CH5N/c1-3-4-8-17(2)9-5-10-18-14-7-6-12(15)11-13(14)16;1-2/h6-7,11H,3-5,8-10,15-16H2,1-2H3;2H2,1H3/p+1. The molecule has 7 N–H and O–H groups in total. The van der Waals surface area contributed by atoms with Crippen LogP contribution in [0.2, 0.25) is 0 Å². The smallest absolute Gasteiger partial charge is 0.142 e. The van der Waals surface area contributed by atoms with Crippen molar-refractivity contribution in [1.29, 1.82) is 0 Å². The van der Waals surface area contributed by atoms with Gasteiger partial charge in [0.2, 0.25) is 0 Å². The van der Waals surface area contributed by atoms with Crippen molar-refractivity contribution in [3.63, 3.8) is 0 Å². The number of anilines is 2. The highest BCUT2D eigenvalue weighted by Gasteiger charge is 2.03. The van der Waals surface area contributed by atoms with E-state index in [0.717, 1.165) is 18.7 Å². The maximum Gasteiger partial charge on any atom is 0.142 e. The van der Waals surface area contributed by atoms with Crippen LogP contribution in [-0.2, 0) is 0 Å². The lowest BCUT2D eigenvalue weighted by Gasteiger charge is -2.14. The van der Waals surface area contributed by atoms with Crippen molar-refractivity contribution in [3.8, 4) is 5.75 Å². The predicted molar refractivity (Wildman–Crippen MR) is 87.0 cm³/mol. The molecule has 0 radical (unpaired) electrons. The summed E-state index contributed by atoms with van der Waals surface area (Å²) in [4.78, 5) is 1.56. The summed E-state index contributed by atoms with van der Waals surface area (Å²) in [6, 6.07) is 5.37. The summed E-state index contributed by atoms with van der Waals surface area (Å²) >= 11 is 0. The van der Waals surface area contributed by atoms with Gasteiger partial charge in [0.15, 0.2) is 0 Å². The van der Waals surface area contributed by atoms with Crippen molar-refractivity contribution in [2.45, 2.75) is 26.2 Å². The van der Waals surface area contributed by atoms with Crippen LogP contribution in [0.25, 0.3) is 0 Å². The molecule has 1 aromatic carbocycles. The van der Waals surface area contributed by atoms with Crippen LogP contribution >= 0.6 is 0 Å². The van der Waals surface area contributed by atoms with Crippen molar-refractivity contribution >= 4 is 11.4 Å². The molecule has 0 aromatic heterocycles. The van der Waals surface area contributed by atoms with Crippen molar-refractivity contribution in [2.24, 2.45) is 5.73 Å². The molecule has 5 heteroatoms. The Hall–Kier alpha value is -1.46. The van der Waals surface area contributed by atoms with Gasteiger partial charge in [0.05, 0.1) is 32.4 Å². The van der Waals surface area contributed by atoms with Gasteiger partial charge in [-0.05, 0) is 31.7 Å². The van der Waals surface area contributed by atoms with E-state index in [-0.39, 0.29) is 0 Å². The van der Waals surface area contributed by atoms with Gasteiger partial charge in [-0.2, -0.15) is 0 Å². The Bertz CT molecular complexity index is 358. The van der Waals surface area contributed by atoms with Crippen LogP contribution in [-0.4, -0.2) is 33.8 Å². The van der Waals surface area contributed by atoms with E-state index < -0.39 is 0 Å². The number of unbranched alkanes of at least 4 members (excludes halogenated alkanes) is 1. The van der Waals surface area contributed by atoms with Crippen LogP contribution in [0.4, 0.5) is 11.4 Å². The van der Waals surface area contributed by atoms with Crippen LogP contribution in [0, 0.1) is 0 Å². The summed E-state index contributed by atoms with van der Waals surface area (Å²) in [5.41, 5.74) is 17.2. The van der Waals surface area contributed by atoms with Crippen LogP contribution in [0.1, 0.15) is 26.2 Å². The summed E-state index contributed by atoms with van der Waals surface area (Å²) in [5, 5.41) is 0. The number of hydrogen-bond donors (Lipinski definition) is 4. The molecule has 0 aliphatic heterocycles. The van der Waals surface area contributed by atoms with E-state index in [2.05, 4.69) is 19.7 Å². The first-order chi connectivity index (χ1) is 9.63. The third kappa shape index (κ3) is 7.86. The highest BCUT2D eigenvalue weighted by molar-refractivity contribution is 5.60. The second-order valence-electron chi connectivity index (χ2n) is 4.81. The molecule has 1 atom stereocenters. The van der Waals surface area contributed by atoms with E-state index in [0.29, 0.717) is 18.0 Å². The Morgan fingerprint density at radius 1 is 1.10 bits per heavy atom. The van der Waals surface area contributed by atoms with Gasteiger partial charge in [-0.3, -0.25) is 0 Å². The van der Waals surface area contributed by atoms with Crippen LogP contribution in [0.3, 0.4) is 0 Å². The first kappa shape index (κ1) is 18.5. The summed E-state index contributed by atoms with van der Waals surface area (Å²) in [6.07, 6.45) is 3.59. The van der Waals surface area contributed by atoms with E-state index in [1.807, 2.05) is 12.1 Å². The van der Waals surface area contributed by atoms with Gasteiger partial charge >= 0.3 is 0 Å². The quantitative estimate of drug-likeness (QED) is 0.413. The lowest BCUT2D eigenvalue weighted by Crippen LogP contribution is -3.09. The van der Waals surface area contributed by atoms with Crippen LogP contribution in [0.15, 0.2) is 18.2 Å². The van der Waals surface area contributed by atoms with Crippen LogP contribution < -0.4 is 26.8 Å². The SMILES string of the molecule is CCCC[NH+](C)CCCOc1ccc(N)cc1N.CN. The number of nitrogen functional groups attached to an aromatic ring is 2. The van der Waals surface area contributed by atoms with Gasteiger partial charge in [-0.15, -0.1) is 0 Å². The van der Waals surface area contributed by atoms with E-state index in [1.165, 1.54) is 26.4 Å². The number of nitrogens with one attached hydrogen (secondary N) is 1. The van der Waals surface area contributed by atoms with Crippen molar-refractivity contribution in [2.75, 3.05) is 45.3 Å². The molecule has 0 bridgehead atoms. The fourth-order valence-corrected chi connectivity index (χ4v) is 1.86. The predicted octanol–water partition coefficient (Wildman–Crippen LogP) is 0.510. The molecule has 116 valence electrons. The molecule has 1 unspecified atom stereocenters. The third-order valence-corrected chi connectivity index (χ3v) is 3.00. The first-order valence-electron chi connectivity index (χ1n) is 7.30. The Kier molecular flexibility index (Phi) is 10.5. The topological polar surface area (TPSA) is 91.7 Å². The van der Waals surface area contributed by atoms with Gasteiger partial charge in [0, 0.05) is 12.1 Å². The first-order valence-corrected chi connectivity index (χ1v) is 7.30. The number of hydrogen-bond acceptors (Lipinski definition) is 4. The fourth-order valence-electron chi connectivity index (χ4n) is 1.86. The Balaban J connectivity index is 0.00000172. The Morgan fingerprint density at radius 2 is 1.75 bits per heavy atom. The molecule has 0 aliphatic carbocycles. The number of ether oxygens (including phenoxy) is 1. The number of benzene rings is 1. The molecule has 5 nitrogen and oxygen atoms in total. The summed E-state index contributed by atoms with van der Waals surface area (Å²) in [7, 11) is 3.73. The monoisotopic (exact) mass is 283 g/mol. The van der Waals surface area contributed by atoms with Gasteiger partial charge in [-0.25, -0.2) is 0 Å². The van der Waals surface area contributed by atoms with E-state index in [9.17, 15) is 0 Å². The molecule has 0 fully saturated rings. The fraction of sp³-hybridized carbons (Fsp3) is 0.600. The summed E-state index contributed by atoms with van der Waals surface area (Å²) < 4.78 is 5.65. The summed E-state index contributed by atoms with van der Waals surface area (Å²) in [5.74, 6) is 0.732. The molecular formula is C15H31N4O+. The minimum absolute atomic E-state index is 0.613. The van der Waals surface area contributed by atoms with Crippen molar-refractivity contribution in [1.82, 2.24) is 0 Å². The minimum Gasteiger partial charge on any atom is -0.491 e. The molecule has 0 aliphatic rings. The number of nitrogens with two attached hydrogens (primary N) is 3. The molecule has 1 rings (SSSR count). The highest BCUT2D eigenvalue weighted by atomic mass is 16.5. The Morgan fingerprint density at radius 3 is 2.35 bits per heavy atom. The number of quaternary nitrogens is 1. The minimum atomic E-state index is 0.613. The zero-order valence-corrected chi connectivity index (χ0v) is 13.1. The zero-order chi connectivity index (χ0) is 15.4. The normalized spacial score (nSPS) is 11.4. The third-order valence-electron chi connectivity index (χ3n) is 3.00. The molecule has 0 heterocycles. The van der Waals surface area contributed by atoms with Gasteiger partial charge in [0.1, 0.15) is 5.75 Å². The maximum atomic E-state index is 5.82. The maximum absolute atomic E-state index is 5.82. The van der Waals surface area contributed by atoms with E-state index in [1.54, 1.807) is 11.0 Å². The second kappa shape index (κ2) is 11.4. The molecule has 0 saturated carbocycles. The molecule has 0 saturated heterocycles. The van der Waals surface area contributed by atoms with Gasteiger partial charge < -0.3 is 26.8 Å². The van der Waals surface area contributed by atoms with Gasteiger partial charge in [0.25, 0.3) is 0 Å². The summed E-state index contributed by atoms with van der Waals surface area (Å²) in [6.45, 7) is 5.30. The van der Waals surface area contributed by atoms with Gasteiger partial charge in [-0.1, -0.05) is 13.3 Å². The molecule has 20 heavy (non-hydrogen) atoms. The molecule has 0 amide bonds. The van der Waals surface area contributed by atoms with Crippen LogP contribution in [0.5, 0.6) is 5.75 Å². The van der Waals surface area contributed by atoms with Crippen molar-refractivity contribution < 1.29 is 9.64 Å². The van der Waals surface area contributed by atoms with Crippen molar-refractivity contribution in [3.05, 3.63) is 18.2 Å². The lowest BCUT2D eigenvalue weighted by molar-refractivity contribution is -0.880. The van der Waals surface area contributed by atoms with E-state index in [4.69, 9.17) is 16.2 Å². The second-order valence-corrected chi connectivity index (χ2v) is 4.81. The number of rotatable bonds is 8. The average Bonchev–Trinajstić information content (AvgIpc) is 2.45. The Labute approximate surface area is 123 Å². The molecular weight excluding hydrogens is 252 g/mol. The molecule has 0 spiro atoms.